The minimum Gasteiger partial charge on any atom is -0.489 e. The molecule has 2 aromatic heterocycles. The number of β-lactam (4-membered cyclic amide) rings is 1. The van der Waals surface area contributed by atoms with Crippen molar-refractivity contribution < 1.29 is 51.0 Å². The maximum absolute atomic E-state index is 13.3. The summed E-state index contributed by atoms with van der Waals surface area (Å²) in [5.74, 6) is -3.17. The lowest BCUT2D eigenvalue weighted by Gasteiger charge is -2.50. The zero-order valence-corrected chi connectivity index (χ0v) is 26.1. The van der Waals surface area contributed by atoms with Gasteiger partial charge in [0.25, 0.3) is 12.0 Å². The van der Waals surface area contributed by atoms with Crippen molar-refractivity contribution in [2.75, 3.05) is 25.4 Å². The number of carboxylic acid groups (broad SMARTS) is 1. The van der Waals surface area contributed by atoms with Crippen LogP contribution in [0.3, 0.4) is 0 Å². The Morgan fingerprint density at radius 1 is 1.33 bits per heavy atom. The normalized spacial score (nSPS) is 19.2. The zero-order valence-electron chi connectivity index (χ0n) is 24.4. The van der Waals surface area contributed by atoms with Crippen molar-refractivity contribution in [3.8, 4) is 5.75 Å². The molecular formula is C26H32N7O10S2+. The van der Waals surface area contributed by atoms with Gasteiger partial charge < -0.3 is 25.7 Å². The molecule has 2 saturated heterocycles. The van der Waals surface area contributed by atoms with E-state index >= 15 is 0 Å². The molecule has 0 saturated carbocycles. The van der Waals surface area contributed by atoms with Crippen LogP contribution in [0.1, 0.15) is 26.0 Å². The molecule has 1 unspecified atom stereocenters. The molecule has 242 valence electrons. The molecule has 1 aromatic carbocycles. The van der Waals surface area contributed by atoms with Gasteiger partial charge in [-0.25, -0.2) is 9.78 Å². The van der Waals surface area contributed by atoms with E-state index in [1.807, 2.05) is 24.0 Å². The van der Waals surface area contributed by atoms with Gasteiger partial charge in [-0.05, 0) is 32.0 Å². The number of nitrogen functional groups attached to an aromatic ring is 1. The maximum Gasteiger partial charge on any atom is 0.418 e. The summed E-state index contributed by atoms with van der Waals surface area (Å²) in [6.07, 6.45) is -0.172. The molecule has 1 amide bonds. The van der Waals surface area contributed by atoms with Gasteiger partial charge in [-0.2, -0.15) is 18.2 Å². The molecule has 0 radical (unpaired) electrons. The third kappa shape index (κ3) is 6.91. The Bertz CT molecular complexity index is 1780. The Kier molecular flexibility index (Phi) is 8.82. The highest BCUT2D eigenvalue weighted by atomic mass is 32.3. The Labute approximate surface area is 261 Å². The average molecular weight is 667 g/mol. The second-order valence-electron chi connectivity index (χ2n) is 11.3. The second kappa shape index (κ2) is 12.3. The SMILES string of the molecule is C[n+]1cc2cc(OCC(O/N=C(\C(=O)C[C@@H]3C(=O)N(OS(=O)(=O)O)C3(C)C)c3csc(N)n3)C(=O)O)ccc2n1CC1CNC1. The number of carbonyl (C=O) groups excluding carboxylic acids is 2. The quantitative estimate of drug-likeness (QED) is 0.0580. The van der Waals surface area contributed by atoms with Gasteiger partial charge in [-0.3, -0.25) is 14.1 Å². The molecule has 17 nitrogen and oxygen atoms in total. The summed E-state index contributed by atoms with van der Waals surface area (Å²) in [7, 11) is -3.04. The minimum absolute atomic E-state index is 0.0105. The highest BCUT2D eigenvalue weighted by Gasteiger charge is 2.57. The Balaban J connectivity index is 1.29. The molecule has 2 aliphatic rings. The van der Waals surface area contributed by atoms with Crippen molar-refractivity contribution >= 4 is 61.1 Å². The topological polar surface area (TPSA) is 229 Å². The molecule has 0 bridgehead atoms. The number of amides is 1. The maximum atomic E-state index is 13.3. The molecular weight excluding hydrogens is 634 g/mol. The smallest absolute Gasteiger partial charge is 0.418 e. The number of thiazole rings is 1. The number of aromatic nitrogens is 3. The minimum atomic E-state index is -4.98. The number of hydroxylamine groups is 2. The van der Waals surface area contributed by atoms with Crippen molar-refractivity contribution in [1.29, 1.82) is 0 Å². The Morgan fingerprint density at radius 2 is 2.07 bits per heavy atom. The molecule has 2 atom stereocenters. The number of anilines is 1. The first kappa shape index (κ1) is 32.2. The van der Waals surface area contributed by atoms with Gasteiger partial charge in [0.2, 0.25) is 6.20 Å². The first-order valence-electron chi connectivity index (χ1n) is 13.7. The number of hydrogen-bond acceptors (Lipinski definition) is 13. The lowest BCUT2D eigenvalue weighted by Crippen LogP contribution is -2.68. The van der Waals surface area contributed by atoms with Crippen molar-refractivity contribution in [3.63, 3.8) is 0 Å². The van der Waals surface area contributed by atoms with E-state index in [0.29, 0.717) is 16.7 Å². The molecule has 2 aliphatic heterocycles. The average Bonchev–Trinajstić information content (AvgIpc) is 3.50. The lowest BCUT2D eigenvalue weighted by molar-refractivity contribution is -0.751. The number of fused-ring (bicyclic) bond motifs is 1. The van der Waals surface area contributed by atoms with Gasteiger partial charge in [0, 0.05) is 30.8 Å². The highest BCUT2D eigenvalue weighted by molar-refractivity contribution is 7.80. The number of Topliss-reactive ketones (excluding diaryl/α,β-unsaturated/α-hetero) is 1. The number of ketones is 1. The van der Waals surface area contributed by atoms with Crippen molar-refractivity contribution in [2.24, 2.45) is 24.0 Å². The van der Waals surface area contributed by atoms with Crippen LogP contribution in [0.2, 0.25) is 0 Å². The number of rotatable bonds is 14. The summed E-state index contributed by atoms with van der Waals surface area (Å²) < 4.78 is 45.4. The van der Waals surface area contributed by atoms with Crippen molar-refractivity contribution in [1.82, 2.24) is 20.0 Å². The third-order valence-electron chi connectivity index (χ3n) is 7.69. The van der Waals surface area contributed by atoms with E-state index in [9.17, 15) is 27.9 Å². The number of aryl methyl sites for hydroxylation is 1. The van der Waals surface area contributed by atoms with Gasteiger partial charge in [0.1, 0.15) is 23.6 Å². The third-order valence-corrected chi connectivity index (χ3v) is 8.70. The summed E-state index contributed by atoms with van der Waals surface area (Å²) >= 11 is 0.996. The summed E-state index contributed by atoms with van der Waals surface area (Å²) in [5, 5.41) is 19.7. The van der Waals surface area contributed by atoms with Crippen LogP contribution in [0.25, 0.3) is 10.9 Å². The van der Waals surface area contributed by atoms with E-state index in [1.54, 1.807) is 12.1 Å². The standard InChI is InChI=1S/C26H31N7O10S2/c1-26(2)17(23(35)33(26)43-45(38,39)40)7-20(34)22(18-13-44-25(27)29-18)30-42-21(24(36)37)12-41-16-4-5-19-15(6-16)11-31(3)32(19)10-14-8-28-9-14/h4-6,11,13-14,17,21,28H,7-10,12H2,1-3H3,(H3-,27,29,36,37,38,39,40)/p+1/b30-22-/t17-,21?/m1/s1. The van der Waals surface area contributed by atoms with E-state index in [4.69, 9.17) is 19.9 Å². The molecule has 3 aromatic rings. The number of carbonyl (C=O) groups is 3. The monoisotopic (exact) mass is 666 g/mol. The largest absolute Gasteiger partial charge is 0.489 e. The highest BCUT2D eigenvalue weighted by Crippen LogP contribution is 2.40. The molecule has 5 N–H and O–H groups in total. The number of benzene rings is 1. The predicted octanol–water partition coefficient (Wildman–Crippen LogP) is -0.0926. The number of nitrogens with two attached hydrogens (primary N) is 1. The van der Waals surface area contributed by atoms with Gasteiger partial charge in [-0.15, -0.1) is 20.3 Å². The van der Waals surface area contributed by atoms with Crippen LogP contribution in [-0.4, -0.2) is 87.5 Å². The van der Waals surface area contributed by atoms with Gasteiger partial charge in [0.05, 0.1) is 23.4 Å². The zero-order chi connectivity index (χ0) is 32.7. The van der Waals surface area contributed by atoms with Crippen LogP contribution in [-0.2, 0) is 47.5 Å². The molecule has 4 heterocycles. The number of hydrogen-bond donors (Lipinski definition) is 4. The number of oxime groups is 1. The summed E-state index contributed by atoms with van der Waals surface area (Å²) in [5.41, 5.74) is 5.00. The van der Waals surface area contributed by atoms with Crippen molar-refractivity contribution in [2.45, 2.75) is 38.5 Å². The van der Waals surface area contributed by atoms with Crippen LogP contribution < -0.4 is 20.5 Å². The molecule has 0 spiro atoms. The van der Waals surface area contributed by atoms with Gasteiger partial charge in [0.15, 0.2) is 23.7 Å². The fraction of sp³-hybridized carbons (Fsp3) is 0.462. The predicted molar refractivity (Wildman–Crippen MR) is 157 cm³/mol. The molecule has 2 fully saturated rings. The molecule has 19 heteroatoms. The number of carboxylic acids is 1. The summed E-state index contributed by atoms with van der Waals surface area (Å²) in [4.78, 5) is 47.2. The number of aliphatic carboxylic acids is 1. The summed E-state index contributed by atoms with van der Waals surface area (Å²) in [6.45, 7) is 5.19. The fourth-order valence-corrected chi connectivity index (χ4v) is 6.07. The second-order valence-corrected chi connectivity index (χ2v) is 13.1. The first-order chi connectivity index (χ1) is 21.1. The first-order valence-corrected chi connectivity index (χ1v) is 15.9. The molecule has 5 rings (SSSR count). The van der Waals surface area contributed by atoms with Crippen LogP contribution >= 0.6 is 11.3 Å². The van der Waals surface area contributed by atoms with Crippen LogP contribution in [0.5, 0.6) is 5.75 Å². The number of ether oxygens (including phenoxy) is 1. The Hall–Kier alpha value is -4.17. The van der Waals surface area contributed by atoms with Crippen LogP contribution in [0.4, 0.5) is 5.13 Å². The van der Waals surface area contributed by atoms with E-state index in [-0.39, 0.29) is 10.8 Å². The number of nitrogens with one attached hydrogen (secondary N) is 1. The van der Waals surface area contributed by atoms with E-state index < -0.39 is 64.4 Å². The molecule has 45 heavy (non-hydrogen) atoms. The summed E-state index contributed by atoms with van der Waals surface area (Å²) in [6, 6.07) is 5.40. The van der Waals surface area contributed by atoms with E-state index in [2.05, 4.69) is 24.4 Å². The fourth-order valence-electron chi connectivity index (χ4n) is 5.07. The lowest BCUT2D eigenvalue weighted by atomic mass is 9.74. The van der Waals surface area contributed by atoms with Crippen LogP contribution in [0.15, 0.2) is 34.9 Å². The van der Waals surface area contributed by atoms with Crippen molar-refractivity contribution in [3.05, 3.63) is 35.5 Å². The van der Waals surface area contributed by atoms with E-state index in [0.717, 1.165) is 41.9 Å². The molecule has 0 aliphatic carbocycles. The van der Waals surface area contributed by atoms with Gasteiger partial charge in [-0.1, -0.05) is 5.16 Å². The Morgan fingerprint density at radius 3 is 2.64 bits per heavy atom. The van der Waals surface area contributed by atoms with Gasteiger partial charge >= 0.3 is 16.4 Å². The number of nitrogens with zero attached hydrogens (tertiary/aromatic N) is 5. The van der Waals surface area contributed by atoms with Crippen LogP contribution in [0, 0.1) is 11.8 Å². The van der Waals surface area contributed by atoms with E-state index in [1.165, 1.54) is 19.2 Å².